The molecule has 0 bridgehead atoms. The van der Waals surface area contributed by atoms with Crippen LogP contribution in [0.25, 0.3) is 0 Å². The van der Waals surface area contributed by atoms with Crippen LogP contribution in [0.5, 0.6) is 0 Å². The van der Waals surface area contributed by atoms with E-state index < -0.39 is 22.6 Å². The first-order valence-corrected chi connectivity index (χ1v) is 15.0. The van der Waals surface area contributed by atoms with Crippen molar-refractivity contribution in [1.82, 2.24) is 24.8 Å². The Morgan fingerprint density at radius 2 is 1.88 bits per heavy atom. The molecule has 2 atom stereocenters. The molecule has 0 spiro atoms. The number of hydrogen-bond acceptors (Lipinski definition) is 8. The highest BCUT2D eigenvalue weighted by atomic mass is 32.2. The van der Waals surface area contributed by atoms with Gasteiger partial charge in [0, 0.05) is 60.9 Å². The number of alkyl halides is 3. The fourth-order valence-corrected chi connectivity index (χ4v) is 5.81. The van der Waals surface area contributed by atoms with Gasteiger partial charge in [0.25, 0.3) is 5.91 Å². The van der Waals surface area contributed by atoms with E-state index in [1.807, 2.05) is 6.92 Å². The molecule has 1 saturated heterocycles. The van der Waals surface area contributed by atoms with Crippen LogP contribution in [0.4, 0.5) is 30.6 Å². The number of nitrogens with one attached hydrogen (secondary N) is 2. The van der Waals surface area contributed by atoms with Gasteiger partial charge in [-0.2, -0.15) is 13.2 Å². The predicted octanol–water partition coefficient (Wildman–Crippen LogP) is 4.10. The van der Waals surface area contributed by atoms with Crippen LogP contribution in [0.15, 0.2) is 48.8 Å². The van der Waals surface area contributed by atoms with E-state index in [0.717, 1.165) is 30.4 Å². The van der Waals surface area contributed by atoms with Gasteiger partial charge < -0.3 is 10.2 Å². The summed E-state index contributed by atoms with van der Waals surface area (Å²) in [6, 6.07) is 9.25. The smallest absolute Gasteiger partial charge is 0.336 e. The summed E-state index contributed by atoms with van der Waals surface area (Å²) in [5.74, 6) is 0.307. The van der Waals surface area contributed by atoms with E-state index in [0.29, 0.717) is 36.8 Å². The summed E-state index contributed by atoms with van der Waals surface area (Å²) in [5.41, 5.74) is 3.07. The number of sulfonamides is 1. The molecule has 5 rings (SSSR count). The van der Waals surface area contributed by atoms with Gasteiger partial charge in [0.15, 0.2) is 0 Å². The molecule has 1 aromatic carbocycles. The standard InChI is InChI=1S/C27H30F3N7O3S/c1-17-11-22(8-10-37(17)25(38)19-7-9-31-24(12-19)35-41(2,39)40)36-15-20-14-32-26(34-23(20)16-36)33-21-5-3-18(4-6-21)13-27(28,29)30/h3-7,9,12,14,17,22H,8,10-11,13,15-16H2,1-2H3,(H,31,35)(H,32,33,34)/t17-,22-/m1/s1. The van der Waals surface area contributed by atoms with Gasteiger partial charge in [-0.05, 0) is 49.6 Å². The van der Waals surface area contributed by atoms with E-state index in [-0.39, 0.29) is 29.4 Å². The number of nitrogens with zero attached hydrogens (tertiary/aromatic N) is 5. The van der Waals surface area contributed by atoms with Crippen molar-refractivity contribution < 1.29 is 26.4 Å². The molecular formula is C27H30F3N7O3S. The van der Waals surface area contributed by atoms with Gasteiger partial charge in [0.05, 0.1) is 18.4 Å². The Labute approximate surface area is 236 Å². The van der Waals surface area contributed by atoms with Crippen LogP contribution >= 0.6 is 0 Å². The van der Waals surface area contributed by atoms with Crippen LogP contribution < -0.4 is 10.0 Å². The minimum absolute atomic E-state index is 0.0342. The Bertz CT molecular complexity index is 1530. The number of fused-ring (bicyclic) bond motifs is 1. The van der Waals surface area contributed by atoms with Crippen molar-refractivity contribution >= 4 is 33.4 Å². The fourth-order valence-electron chi connectivity index (χ4n) is 5.32. The molecule has 41 heavy (non-hydrogen) atoms. The molecule has 218 valence electrons. The van der Waals surface area contributed by atoms with Crippen molar-refractivity contribution in [2.45, 2.75) is 57.5 Å². The number of rotatable bonds is 7. The summed E-state index contributed by atoms with van der Waals surface area (Å²) in [6.07, 6.45) is 0.518. The predicted molar refractivity (Wildman–Crippen MR) is 147 cm³/mol. The zero-order valence-corrected chi connectivity index (χ0v) is 23.3. The highest BCUT2D eigenvalue weighted by Gasteiger charge is 2.35. The molecular weight excluding hydrogens is 559 g/mol. The first-order chi connectivity index (χ1) is 19.3. The molecule has 3 aromatic rings. The summed E-state index contributed by atoms with van der Waals surface area (Å²) in [6.45, 7) is 3.88. The number of benzene rings is 1. The second-order valence-corrected chi connectivity index (χ2v) is 12.3. The van der Waals surface area contributed by atoms with Gasteiger partial charge >= 0.3 is 6.18 Å². The molecule has 0 unspecified atom stereocenters. The first kappa shape index (κ1) is 28.7. The number of piperidine rings is 1. The van der Waals surface area contributed by atoms with E-state index in [9.17, 15) is 26.4 Å². The minimum atomic E-state index is -4.25. The number of carbonyl (C=O) groups excluding carboxylic acids is 1. The zero-order chi connectivity index (χ0) is 29.4. The van der Waals surface area contributed by atoms with Gasteiger partial charge in [0.2, 0.25) is 16.0 Å². The van der Waals surface area contributed by atoms with Crippen molar-refractivity contribution in [3.05, 3.63) is 71.2 Å². The summed E-state index contributed by atoms with van der Waals surface area (Å²) < 4.78 is 63.2. The van der Waals surface area contributed by atoms with Crippen molar-refractivity contribution in [1.29, 1.82) is 0 Å². The molecule has 1 fully saturated rings. The summed E-state index contributed by atoms with van der Waals surface area (Å²) in [7, 11) is -3.51. The monoisotopic (exact) mass is 589 g/mol. The third kappa shape index (κ3) is 7.30. The molecule has 0 radical (unpaired) electrons. The highest BCUT2D eigenvalue weighted by Crippen LogP contribution is 2.31. The van der Waals surface area contributed by atoms with Crippen LogP contribution in [0.1, 0.15) is 46.9 Å². The molecule has 14 heteroatoms. The number of hydrogen-bond donors (Lipinski definition) is 2. The number of amides is 1. The van der Waals surface area contributed by atoms with Crippen LogP contribution in [0, 0.1) is 0 Å². The van der Waals surface area contributed by atoms with Crippen molar-refractivity contribution in [2.75, 3.05) is 22.8 Å². The molecule has 2 aliphatic rings. The molecule has 10 nitrogen and oxygen atoms in total. The number of carbonyl (C=O) groups is 1. The molecule has 0 saturated carbocycles. The first-order valence-electron chi connectivity index (χ1n) is 13.1. The normalized spacial score (nSPS) is 19.6. The van der Waals surface area contributed by atoms with Crippen LogP contribution in [0.3, 0.4) is 0 Å². The molecule has 2 aliphatic heterocycles. The second kappa shape index (κ2) is 11.2. The maximum absolute atomic E-state index is 13.2. The molecule has 4 heterocycles. The van der Waals surface area contributed by atoms with Gasteiger partial charge in [-0.25, -0.2) is 23.4 Å². The van der Waals surface area contributed by atoms with Crippen LogP contribution in [0.2, 0.25) is 0 Å². The number of likely N-dealkylation sites (tertiary alicyclic amines) is 1. The average Bonchev–Trinajstić information content (AvgIpc) is 3.31. The Morgan fingerprint density at radius 3 is 2.56 bits per heavy atom. The van der Waals surface area contributed by atoms with Crippen LogP contribution in [-0.4, -0.2) is 70.1 Å². The fraction of sp³-hybridized carbons (Fsp3) is 0.407. The molecule has 0 aliphatic carbocycles. The maximum atomic E-state index is 13.2. The number of halogens is 3. The lowest BCUT2D eigenvalue weighted by molar-refractivity contribution is -0.127. The van der Waals surface area contributed by atoms with Crippen LogP contribution in [-0.2, 0) is 29.5 Å². The quantitative estimate of drug-likeness (QED) is 0.423. The van der Waals surface area contributed by atoms with E-state index in [1.165, 1.54) is 24.4 Å². The molecule has 2 N–H and O–H groups in total. The number of pyridine rings is 1. The van der Waals surface area contributed by atoms with Gasteiger partial charge in [0.1, 0.15) is 5.82 Å². The Balaban J connectivity index is 1.18. The van der Waals surface area contributed by atoms with E-state index in [1.54, 1.807) is 29.3 Å². The zero-order valence-electron chi connectivity index (χ0n) is 22.5. The Morgan fingerprint density at radius 1 is 1.12 bits per heavy atom. The SMILES string of the molecule is C[C@@H]1C[C@H](N2Cc3cnc(Nc4ccc(CC(F)(F)F)cc4)nc3C2)CCN1C(=O)c1ccnc(NS(C)(=O)=O)c1. The number of anilines is 3. The van der Waals surface area contributed by atoms with Gasteiger partial charge in [-0.1, -0.05) is 12.1 Å². The number of aromatic nitrogens is 3. The lowest BCUT2D eigenvalue weighted by Gasteiger charge is -2.41. The third-order valence-corrected chi connectivity index (χ3v) is 7.80. The Kier molecular flexibility index (Phi) is 7.88. The minimum Gasteiger partial charge on any atom is -0.336 e. The second-order valence-electron chi connectivity index (χ2n) is 10.5. The third-order valence-electron chi connectivity index (χ3n) is 7.22. The summed E-state index contributed by atoms with van der Waals surface area (Å²) in [5, 5.41) is 3.07. The lowest BCUT2D eigenvalue weighted by atomic mass is 9.96. The van der Waals surface area contributed by atoms with E-state index >= 15 is 0 Å². The van der Waals surface area contributed by atoms with Crippen molar-refractivity contribution in [2.24, 2.45) is 0 Å². The van der Waals surface area contributed by atoms with Gasteiger partial charge in [-0.3, -0.25) is 14.4 Å². The van der Waals surface area contributed by atoms with E-state index in [4.69, 9.17) is 0 Å². The largest absolute Gasteiger partial charge is 0.393 e. The van der Waals surface area contributed by atoms with Crippen molar-refractivity contribution in [3.8, 4) is 0 Å². The summed E-state index contributed by atoms with van der Waals surface area (Å²) in [4.78, 5) is 30.4. The lowest BCUT2D eigenvalue weighted by Crippen LogP contribution is -2.50. The maximum Gasteiger partial charge on any atom is 0.393 e. The topological polar surface area (TPSA) is 120 Å². The molecule has 1 amide bonds. The highest BCUT2D eigenvalue weighted by molar-refractivity contribution is 7.92. The Hall–Kier alpha value is -3.78. The van der Waals surface area contributed by atoms with Gasteiger partial charge in [-0.15, -0.1) is 0 Å². The molecule has 2 aromatic heterocycles. The van der Waals surface area contributed by atoms with Crippen molar-refractivity contribution in [3.63, 3.8) is 0 Å². The average molecular weight is 590 g/mol. The van der Waals surface area contributed by atoms with E-state index in [2.05, 4.69) is 29.9 Å². The summed E-state index contributed by atoms with van der Waals surface area (Å²) >= 11 is 0.